The molecule has 12 heteroatoms. The number of nitro groups is 1. The van der Waals surface area contributed by atoms with Crippen LogP contribution in [0.5, 0.6) is 0 Å². The summed E-state index contributed by atoms with van der Waals surface area (Å²) in [5, 5.41) is 26.4. The lowest BCUT2D eigenvalue weighted by Gasteiger charge is -2.23. The highest BCUT2D eigenvalue weighted by Crippen LogP contribution is 2.32. The Kier molecular flexibility index (Phi) is 7.96. The van der Waals surface area contributed by atoms with Gasteiger partial charge in [0.2, 0.25) is 5.91 Å². The minimum absolute atomic E-state index is 0.0477. The quantitative estimate of drug-likeness (QED) is 0.300. The lowest BCUT2D eigenvalue weighted by molar-refractivity contribution is -0.384. The number of likely N-dealkylation sites (tertiary alicyclic amines) is 1. The molecule has 1 aromatic carbocycles. The average molecular weight is 472 g/mol. The molecule has 2 heterocycles. The molecule has 2 atom stereocenters. The van der Waals surface area contributed by atoms with Crippen LogP contribution in [0.3, 0.4) is 0 Å². The fourth-order valence-electron chi connectivity index (χ4n) is 3.69. The molecule has 2 amide bonds. The first kappa shape index (κ1) is 24.4. The van der Waals surface area contributed by atoms with Crippen molar-refractivity contribution in [3.8, 4) is 0 Å². The van der Waals surface area contributed by atoms with E-state index in [1.807, 2.05) is 0 Å². The van der Waals surface area contributed by atoms with Crippen molar-refractivity contribution < 1.29 is 33.7 Å². The summed E-state index contributed by atoms with van der Waals surface area (Å²) < 4.78 is 10.0. The van der Waals surface area contributed by atoms with Crippen molar-refractivity contribution >= 4 is 23.7 Å². The zero-order valence-corrected chi connectivity index (χ0v) is 18.2. The average Bonchev–Trinajstić information content (AvgIpc) is 3.47. The van der Waals surface area contributed by atoms with Gasteiger partial charge in [-0.25, -0.2) is 9.59 Å². The normalized spacial score (nSPS) is 16.0. The number of benzene rings is 1. The Morgan fingerprint density at radius 1 is 1.38 bits per heavy atom. The van der Waals surface area contributed by atoms with E-state index in [9.17, 15) is 29.6 Å². The first-order valence-electron chi connectivity index (χ1n) is 10.5. The molecule has 2 aromatic rings. The van der Waals surface area contributed by atoms with E-state index in [-0.39, 0.29) is 42.8 Å². The van der Waals surface area contributed by atoms with Gasteiger partial charge in [0.25, 0.3) is 5.69 Å². The summed E-state index contributed by atoms with van der Waals surface area (Å²) in [5.41, 5.74) is 1.09. The van der Waals surface area contributed by atoms with Crippen molar-refractivity contribution in [1.82, 2.24) is 15.4 Å². The SMILES string of the molecule is C=CCOC(=O)NC(Cc1cc(C2CCCN2C(=O)Cc2ccc([N+](=O)[O-])cc2)no1)C(=O)O. The van der Waals surface area contributed by atoms with E-state index in [1.54, 1.807) is 23.1 Å². The molecule has 0 bridgehead atoms. The van der Waals surface area contributed by atoms with Crippen LogP contribution in [0.25, 0.3) is 0 Å². The Morgan fingerprint density at radius 2 is 2.12 bits per heavy atom. The van der Waals surface area contributed by atoms with Crippen molar-refractivity contribution in [1.29, 1.82) is 0 Å². The summed E-state index contributed by atoms with van der Waals surface area (Å²) >= 11 is 0. The number of alkyl carbamates (subject to hydrolysis) is 1. The van der Waals surface area contributed by atoms with Gasteiger partial charge in [-0.15, -0.1) is 0 Å². The number of aromatic nitrogens is 1. The number of carbonyl (C=O) groups is 3. The van der Waals surface area contributed by atoms with Crippen LogP contribution >= 0.6 is 0 Å². The molecule has 1 saturated heterocycles. The van der Waals surface area contributed by atoms with Gasteiger partial charge in [-0.3, -0.25) is 14.9 Å². The van der Waals surface area contributed by atoms with Gasteiger partial charge in [-0.1, -0.05) is 29.9 Å². The van der Waals surface area contributed by atoms with E-state index in [4.69, 9.17) is 9.26 Å². The lowest BCUT2D eigenvalue weighted by Crippen LogP contribution is -2.42. The van der Waals surface area contributed by atoms with Gasteiger partial charge < -0.3 is 24.6 Å². The van der Waals surface area contributed by atoms with E-state index in [0.29, 0.717) is 24.2 Å². The molecule has 1 fully saturated rings. The maximum absolute atomic E-state index is 12.9. The number of ether oxygens (including phenoxy) is 1. The van der Waals surface area contributed by atoms with Gasteiger partial charge in [0.1, 0.15) is 24.1 Å². The summed E-state index contributed by atoms with van der Waals surface area (Å²) in [6.07, 6.45) is 1.80. The first-order valence-corrected chi connectivity index (χ1v) is 10.5. The molecule has 1 aromatic heterocycles. The van der Waals surface area contributed by atoms with E-state index in [0.717, 1.165) is 6.42 Å². The highest BCUT2D eigenvalue weighted by molar-refractivity contribution is 5.80. The minimum atomic E-state index is -1.29. The largest absolute Gasteiger partial charge is 0.480 e. The second-order valence-corrected chi connectivity index (χ2v) is 7.69. The fraction of sp³-hybridized carbons (Fsp3) is 0.364. The Hall–Kier alpha value is -4.22. The number of carboxylic acid groups (broad SMARTS) is 1. The molecule has 0 spiro atoms. The van der Waals surface area contributed by atoms with Gasteiger partial charge >= 0.3 is 12.1 Å². The Balaban J connectivity index is 1.64. The van der Waals surface area contributed by atoms with Gasteiger partial charge in [0.15, 0.2) is 0 Å². The van der Waals surface area contributed by atoms with Gasteiger partial charge in [-0.05, 0) is 18.4 Å². The van der Waals surface area contributed by atoms with Crippen LogP contribution in [0, 0.1) is 10.1 Å². The molecule has 3 rings (SSSR count). The number of carbonyl (C=O) groups excluding carboxylic acids is 2. The number of non-ortho nitro benzene ring substituents is 1. The zero-order chi connectivity index (χ0) is 24.7. The third-order valence-corrected chi connectivity index (χ3v) is 5.32. The first-order chi connectivity index (χ1) is 16.3. The molecule has 12 nitrogen and oxygen atoms in total. The second-order valence-electron chi connectivity index (χ2n) is 7.69. The molecular formula is C22H24N4O8. The number of aliphatic carboxylic acids is 1. The van der Waals surface area contributed by atoms with Crippen molar-refractivity contribution in [3.05, 3.63) is 70.1 Å². The van der Waals surface area contributed by atoms with Crippen molar-refractivity contribution in [3.63, 3.8) is 0 Å². The standard InChI is InChI=1S/C22H24N4O8/c1-2-10-33-22(30)23-18(21(28)29)13-16-12-17(24-34-16)19-4-3-9-25(19)20(27)11-14-5-7-15(8-6-14)26(31)32/h2,5-8,12,18-19H,1,3-4,9-11,13H2,(H,23,30)(H,28,29). The number of carboxylic acids is 1. The predicted octanol–water partition coefficient (Wildman–Crippen LogP) is 2.40. The maximum Gasteiger partial charge on any atom is 0.408 e. The van der Waals surface area contributed by atoms with Crippen LogP contribution in [0.4, 0.5) is 10.5 Å². The molecule has 0 saturated carbocycles. The number of nitrogens with zero attached hydrogens (tertiary/aromatic N) is 3. The summed E-state index contributed by atoms with van der Waals surface area (Å²) in [5.74, 6) is -1.19. The monoisotopic (exact) mass is 472 g/mol. The van der Waals surface area contributed by atoms with E-state index in [1.165, 1.54) is 18.2 Å². The number of rotatable bonds is 10. The number of amides is 2. The van der Waals surface area contributed by atoms with Crippen LogP contribution in [-0.2, 0) is 27.2 Å². The number of hydrogen-bond acceptors (Lipinski definition) is 8. The minimum Gasteiger partial charge on any atom is -0.480 e. The number of nitrogens with one attached hydrogen (secondary N) is 1. The summed E-state index contributed by atoms with van der Waals surface area (Å²) in [6, 6.07) is 5.76. The van der Waals surface area contributed by atoms with Crippen LogP contribution in [0.2, 0.25) is 0 Å². The number of nitro benzene ring substituents is 1. The zero-order valence-electron chi connectivity index (χ0n) is 18.2. The lowest BCUT2D eigenvalue weighted by atomic mass is 10.1. The molecule has 0 radical (unpaired) electrons. The molecule has 1 aliphatic heterocycles. The number of hydrogen-bond donors (Lipinski definition) is 2. The summed E-state index contributed by atoms with van der Waals surface area (Å²) in [6.45, 7) is 3.87. The van der Waals surface area contributed by atoms with Crippen molar-refractivity contribution in [2.45, 2.75) is 37.8 Å². The van der Waals surface area contributed by atoms with E-state index >= 15 is 0 Å². The Morgan fingerprint density at radius 3 is 2.76 bits per heavy atom. The molecule has 34 heavy (non-hydrogen) atoms. The van der Waals surface area contributed by atoms with Crippen molar-refractivity contribution in [2.24, 2.45) is 0 Å². The van der Waals surface area contributed by atoms with Crippen LogP contribution in [0.15, 0.2) is 47.5 Å². The molecule has 180 valence electrons. The molecule has 1 aliphatic rings. The smallest absolute Gasteiger partial charge is 0.408 e. The third-order valence-electron chi connectivity index (χ3n) is 5.32. The topological polar surface area (TPSA) is 165 Å². The van der Waals surface area contributed by atoms with Crippen LogP contribution < -0.4 is 5.32 Å². The molecule has 2 N–H and O–H groups in total. The molecular weight excluding hydrogens is 448 g/mol. The third kappa shape index (κ3) is 6.18. The van der Waals surface area contributed by atoms with Crippen LogP contribution in [-0.4, -0.2) is 57.2 Å². The van der Waals surface area contributed by atoms with Crippen molar-refractivity contribution in [2.75, 3.05) is 13.2 Å². The van der Waals surface area contributed by atoms with Gasteiger partial charge in [-0.2, -0.15) is 0 Å². The maximum atomic E-state index is 12.9. The summed E-state index contributed by atoms with van der Waals surface area (Å²) in [4.78, 5) is 48.0. The molecule has 0 aliphatic carbocycles. The van der Waals surface area contributed by atoms with Crippen LogP contribution in [0.1, 0.15) is 35.9 Å². The van der Waals surface area contributed by atoms with E-state index < -0.39 is 23.0 Å². The van der Waals surface area contributed by atoms with Gasteiger partial charge in [0, 0.05) is 31.2 Å². The predicted molar refractivity (Wildman–Crippen MR) is 117 cm³/mol. The van der Waals surface area contributed by atoms with E-state index in [2.05, 4.69) is 17.1 Å². The fourth-order valence-corrected chi connectivity index (χ4v) is 3.69. The Bertz CT molecular complexity index is 1070. The summed E-state index contributed by atoms with van der Waals surface area (Å²) in [7, 11) is 0. The highest BCUT2D eigenvalue weighted by Gasteiger charge is 2.33. The highest BCUT2D eigenvalue weighted by atomic mass is 16.6. The second kappa shape index (κ2) is 11.1. The molecule has 2 unspecified atom stereocenters. The Labute approximate surface area is 194 Å². The van der Waals surface area contributed by atoms with Gasteiger partial charge in [0.05, 0.1) is 17.4 Å².